The number of carboxylic acids is 2. The highest BCUT2D eigenvalue weighted by atomic mass is 16.5. The lowest BCUT2D eigenvalue weighted by atomic mass is 10.1. The summed E-state index contributed by atoms with van der Waals surface area (Å²) in [5.74, 6) is -2.74. The molecule has 1 fully saturated rings. The molecule has 0 atom stereocenters. The molecule has 0 aliphatic carbocycles. The van der Waals surface area contributed by atoms with Crippen LogP contribution in [0.25, 0.3) is 11.1 Å². The van der Waals surface area contributed by atoms with Crippen molar-refractivity contribution in [2.75, 3.05) is 52.7 Å². The number of hydrogen-bond donors (Lipinski definition) is 2. The zero-order valence-electron chi connectivity index (χ0n) is 16.7. The molecule has 8 heteroatoms. The van der Waals surface area contributed by atoms with Gasteiger partial charge >= 0.3 is 11.9 Å². The van der Waals surface area contributed by atoms with E-state index in [1.54, 1.807) is 0 Å². The van der Waals surface area contributed by atoms with Crippen LogP contribution < -0.4 is 4.74 Å². The second-order valence-corrected chi connectivity index (χ2v) is 6.39. The summed E-state index contributed by atoms with van der Waals surface area (Å²) in [6.07, 6.45) is 0. The Hall–Kier alpha value is -2.94. The van der Waals surface area contributed by atoms with Crippen LogP contribution in [0.5, 0.6) is 5.75 Å². The Morgan fingerprint density at radius 2 is 1.50 bits per heavy atom. The van der Waals surface area contributed by atoms with Crippen molar-refractivity contribution < 1.29 is 34.0 Å². The van der Waals surface area contributed by atoms with E-state index in [9.17, 15) is 0 Å². The Balaban J connectivity index is 0.000000469. The summed E-state index contributed by atoms with van der Waals surface area (Å²) in [6, 6.07) is 18.4. The van der Waals surface area contributed by atoms with Crippen LogP contribution in [-0.4, -0.2) is 79.7 Å². The summed E-state index contributed by atoms with van der Waals surface area (Å²) in [6.45, 7) is 6.54. The number of hydrogen-bond acceptors (Lipinski definition) is 6. The maximum atomic E-state index is 9.10. The molecular formula is C22H27NO7. The van der Waals surface area contributed by atoms with Crippen molar-refractivity contribution in [1.29, 1.82) is 0 Å². The van der Waals surface area contributed by atoms with Crippen molar-refractivity contribution in [2.24, 2.45) is 0 Å². The smallest absolute Gasteiger partial charge is 0.414 e. The molecule has 0 spiro atoms. The summed E-state index contributed by atoms with van der Waals surface area (Å²) < 4.78 is 17.0. The third kappa shape index (κ3) is 8.60. The van der Waals surface area contributed by atoms with Crippen LogP contribution in [0.1, 0.15) is 0 Å². The zero-order chi connectivity index (χ0) is 21.6. The van der Waals surface area contributed by atoms with Crippen LogP contribution in [0.3, 0.4) is 0 Å². The monoisotopic (exact) mass is 417 g/mol. The van der Waals surface area contributed by atoms with Gasteiger partial charge in [0.1, 0.15) is 12.4 Å². The highest BCUT2D eigenvalue weighted by molar-refractivity contribution is 6.27. The van der Waals surface area contributed by atoms with Crippen molar-refractivity contribution in [2.45, 2.75) is 0 Å². The number of nitrogens with zero attached hydrogens (tertiary/aromatic N) is 1. The first kappa shape index (κ1) is 23.3. The molecule has 0 unspecified atom stereocenters. The van der Waals surface area contributed by atoms with Gasteiger partial charge in [-0.3, -0.25) is 4.90 Å². The van der Waals surface area contributed by atoms with Crippen LogP contribution in [0.4, 0.5) is 0 Å². The highest BCUT2D eigenvalue weighted by Crippen LogP contribution is 2.29. The fourth-order valence-electron chi connectivity index (χ4n) is 2.78. The molecule has 3 rings (SSSR count). The number of carboxylic acid groups (broad SMARTS) is 2. The minimum absolute atomic E-state index is 0.562. The molecule has 1 aliphatic heterocycles. The van der Waals surface area contributed by atoms with Crippen molar-refractivity contribution in [3.05, 3.63) is 54.6 Å². The molecule has 0 amide bonds. The van der Waals surface area contributed by atoms with Gasteiger partial charge in [0.25, 0.3) is 0 Å². The number of carbonyl (C=O) groups is 2. The first-order valence-electron chi connectivity index (χ1n) is 9.69. The van der Waals surface area contributed by atoms with Gasteiger partial charge in [-0.1, -0.05) is 48.5 Å². The Kier molecular flexibility index (Phi) is 10.4. The minimum atomic E-state index is -1.82. The molecule has 1 aliphatic rings. The summed E-state index contributed by atoms with van der Waals surface area (Å²) >= 11 is 0. The lowest BCUT2D eigenvalue weighted by molar-refractivity contribution is -0.159. The van der Waals surface area contributed by atoms with Crippen molar-refractivity contribution in [1.82, 2.24) is 4.90 Å². The summed E-state index contributed by atoms with van der Waals surface area (Å²) in [5, 5.41) is 14.8. The number of ether oxygens (including phenoxy) is 3. The zero-order valence-corrected chi connectivity index (χ0v) is 16.7. The molecule has 1 heterocycles. The quantitative estimate of drug-likeness (QED) is 0.498. The SMILES string of the molecule is O=C(O)C(=O)O.c1ccc(-c2ccccc2OCCOCCN2CCOCC2)cc1. The molecule has 2 aromatic carbocycles. The van der Waals surface area contributed by atoms with Gasteiger partial charge in [0.2, 0.25) is 0 Å². The van der Waals surface area contributed by atoms with E-state index in [1.165, 1.54) is 5.56 Å². The molecule has 1 saturated heterocycles. The Morgan fingerprint density at radius 3 is 2.17 bits per heavy atom. The van der Waals surface area contributed by atoms with Crippen LogP contribution in [0, 0.1) is 0 Å². The van der Waals surface area contributed by atoms with Crippen LogP contribution in [-0.2, 0) is 19.1 Å². The maximum Gasteiger partial charge on any atom is 0.414 e. The van der Waals surface area contributed by atoms with E-state index in [4.69, 9.17) is 34.0 Å². The Bertz CT molecular complexity index is 764. The fourth-order valence-corrected chi connectivity index (χ4v) is 2.78. The van der Waals surface area contributed by atoms with E-state index in [0.29, 0.717) is 13.2 Å². The number of benzene rings is 2. The second-order valence-electron chi connectivity index (χ2n) is 6.39. The first-order valence-corrected chi connectivity index (χ1v) is 9.69. The predicted octanol–water partition coefficient (Wildman–Crippen LogP) is 2.24. The number of rotatable bonds is 8. The Labute approximate surface area is 175 Å². The summed E-state index contributed by atoms with van der Waals surface area (Å²) in [5.41, 5.74) is 2.28. The van der Waals surface area contributed by atoms with Crippen molar-refractivity contribution >= 4 is 11.9 Å². The molecule has 8 nitrogen and oxygen atoms in total. The summed E-state index contributed by atoms with van der Waals surface area (Å²) in [4.78, 5) is 20.6. The Morgan fingerprint density at radius 1 is 0.867 bits per heavy atom. The van der Waals surface area contributed by atoms with Crippen molar-refractivity contribution in [3.63, 3.8) is 0 Å². The lowest BCUT2D eigenvalue weighted by Crippen LogP contribution is -2.38. The average Bonchev–Trinajstić information content (AvgIpc) is 2.78. The standard InChI is InChI=1S/C20H25NO3.C2H2O4/c1-2-6-18(7-3-1)19-8-4-5-9-20(19)24-17-16-23-15-12-21-10-13-22-14-11-21;3-1(4)2(5)6/h1-9H,10-17H2;(H,3,4)(H,5,6). The van der Waals surface area contributed by atoms with Gasteiger partial charge in [0, 0.05) is 25.2 Å². The molecule has 2 aromatic rings. The number of morpholine rings is 1. The van der Waals surface area contributed by atoms with Gasteiger partial charge < -0.3 is 24.4 Å². The fraction of sp³-hybridized carbons (Fsp3) is 0.364. The normalized spacial score (nSPS) is 13.7. The molecule has 162 valence electrons. The molecule has 30 heavy (non-hydrogen) atoms. The number of aliphatic carboxylic acids is 2. The molecular weight excluding hydrogens is 390 g/mol. The topological polar surface area (TPSA) is 106 Å². The van der Waals surface area contributed by atoms with E-state index in [2.05, 4.69) is 23.1 Å². The van der Waals surface area contributed by atoms with E-state index in [1.807, 2.05) is 36.4 Å². The lowest BCUT2D eigenvalue weighted by Gasteiger charge is -2.26. The van der Waals surface area contributed by atoms with E-state index < -0.39 is 11.9 Å². The van der Waals surface area contributed by atoms with Gasteiger partial charge in [-0.15, -0.1) is 0 Å². The molecule has 0 bridgehead atoms. The minimum Gasteiger partial charge on any atom is -0.491 e. The largest absolute Gasteiger partial charge is 0.491 e. The number of para-hydroxylation sites is 1. The van der Waals surface area contributed by atoms with Crippen LogP contribution in [0.15, 0.2) is 54.6 Å². The molecule has 0 saturated carbocycles. The van der Waals surface area contributed by atoms with E-state index >= 15 is 0 Å². The van der Waals surface area contributed by atoms with E-state index in [-0.39, 0.29) is 0 Å². The van der Waals surface area contributed by atoms with Crippen LogP contribution in [0.2, 0.25) is 0 Å². The average molecular weight is 417 g/mol. The molecule has 0 aromatic heterocycles. The maximum absolute atomic E-state index is 9.10. The van der Waals surface area contributed by atoms with E-state index in [0.717, 1.165) is 50.8 Å². The highest BCUT2D eigenvalue weighted by Gasteiger charge is 2.09. The molecule has 0 radical (unpaired) electrons. The van der Waals surface area contributed by atoms with Crippen LogP contribution >= 0.6 is 0 Å². The third-order valence-corrected chi connectivity index (χ3v) is 4.30. The van der Waals surface area contributed by atoms with Gasteiger partial charge in [0.15, 0.2) is 0 Å². The third-order valence-electron chi connectivity index (χ3n) is 4.30. The first-order chi connectivity index (χ1) is 14.6. The van der Waals surface area contributed by atoms with Gasteiger partial charge in [-0.25, -0.2) is 9.59 Å². The second kappa shape index (κ2) is 13.3. The van der Waals surface area contributed by atoms with Gasteiger partial charge in [-0.2, -0.15) is 0 Å². The van der Waals surface area contributed by atoms with Gasteiger partial charge in [-0.05, 0) is 11.6 Å². The molecule has 2 N–H and O–H groups in total. The van der Waals surface area contributed by atoms with Crippen molar-refractivity contribution in [3.8, 4) is 16.9 Å². The van der Waals surface area contributed by atoms with Gasteiger partial charge in [0.05, 0.1) is 26.4 Å². The summed E-state index contributed by atoms with van der Waals surface area (Å²) in [7, 11) is 0. The predicted molar refractivity (Wildman–Crippen MR) is 111 cm³/mol.